The van der Waals surface area contributed by atoms with Crippen molar-refractivity contribution in [2.24, 2.45) is 0 Å². The van der Waals surface area contributed by atoms with Crippen molar-refractivity contribution in [3.8, 4) is 28.4 Å². The standard InChI is InChI=1S/C30H34O7S/c1-5-38(32,33)12-11-35-26-13-20(2)30(21(3)14-26)23-8-6-7-22(15-23)18-36-25-9-10-27-24(16-29(31)34-4)19-37-28(27)17-25/h6-10,13-15,17,24H,5,11-12,16,18-19H2,1-4H3/t24-/m1/s1. The van der Waals surface area contributed by atoms with Gasteiger partial charge in [0.15, 0.2) is 9.84 Å². The molecule has 0 fully saturated rings. The fourth-order valence-electron chi connectivity index (χ4n) is 4.68. The molecule has 0 radical (unpaired) electrons. The Morgan fingerprint density at radius 2 is 1.76 bits per heavy atom. The largest absolute Gasteiger partial charge is 0.493 e. The van der Waals surface area contributed by atoms with Gasteiger partial charge in [-0.25, -0.2) is 8.42 Å². The number of carbonyl (C=O) groups excluding carboxylic acids is 1. The molecule has 7 nitrogen and oxygen atoms in total. The first-order valence-electron chi connectivity index (χ1n) is 12.7. The van der Waals surface area contributed by atoms with Crippen molar-refractivity contribution < 1.29 is 32.2 Å². The van der Waals surface area contributed by atoms with Crippen molar-refractivity contribution in [2.45, 2.75) is 39.7 Å². The van der Waals surface area contributed by atoms with Crippen molar-refractivity contribution in [3.63, 3.8) is 0 Å². The molecular formula is C30H34O7S. The second-order valence-corrected chi connectivity index (χ2v) is 12.0. The molecule has 8 heteroatoms. The number of rotatable bonds is 11. The summed E-state index contributed by atoms with van der Waals surface area (Å²) < 4.78 is 45.8. The fourth-order valence-corrected chi connectivity index (χ4v) is 5.30. The molecule has 4 rings (SSSR count). The van der Waals surface area contributed by atoms with Crippen LogP contribution in [0.25, 0.3) is 11.1 Å². The van der Waals surface area contributed by atoms with Crippen molar-refractivity contribution in [1.82, 2.24) is 0 Å². The van der Waals surface area contributed by atoms with E-state index in [1.54, 1.807) is 6.92 Å². The number of hydrogen-bond donors (Lipinski definition) is 0. The predicted octanol–water partition coefficient (Wildman–Crippen LogP) is 5.40. The molecule has 3 aromatic rings. The molecular weight excluding hydrogens is 504 g/mol. The molecule has 0 unspecified atom stereocenters. The van der Waals surface area contributed by atoms with Gasteiger partial charge in [-0.3, -0.25) is 4.79 Å². The summed E-state index contributed by atoms with van der Waals surface area (Å²) in [5.41, 5.74) is 6.31. The number of carbonyl (C=O) groups is 1. The van der Waals surface area contributed by atoms with E-state index in [0.29, 0.717) is 31.1 Å². The van der Waals surface area contributed by atoms with E-state index in [4.69, 9.17) is 18.9 Å². The Bertz CT molecular complexity index is 1390. The molecule has 0 saturated carbocycles. The van der Waals surface area contributed by atoms with Gasteiger partial charge in [0.1, 0.15) is 30.5 Å². The highest BCUT2D eigenvalue weighted by Gasteiger charge is 2.27. The van der Waals surface area contributed by atoms with Crippen LogP contribution in [0, 0.1) is 13.8 Å². The minimum absolute atomic E-state index is 0.00386. The molecule has 0 bridgehead atoms. The van der Waals surface area contributed by atoms with E-state index >= 15 is 0 Å². The number of ether oxygens (including phenoxy) is 4. The normalized spacial score (nSPS) is 14.5. The number of hydrogen-bond acceptors (Lipinski definition) is 7. The molecule has 0 saturated heterocycles. The highest BCUT2D eigenvalue weighted by Crippen LogP contribution is 2.38. The molecule has 1 aliphatic rings. The van der Waals surface area contributed by atoms with Crippen molar-refractivity contribution in [2.75, 3.05) is 31.8 Å². The molecule has 1 atom stereocenters. The van der Waals surface area contributed by atoms with Gasteiger partial charge < -0.3 is 18.9 Å². The van der Waals surface area contributed by atoms with Crippen LogP contribution in [-0.2, 0) is 26.0 Å². The molecule has 0 aromatic heterocycles. The zero-order valence-corrected chi connectivity index (χ0v) is 23.1. The van der Waals surface area contributed by atoms with E-state index in [1.807, 2.05) is 56.3 Å². The maximum atomic E-state index is 11.7. The lowest BCUT2D eigenvalue weighted by Gasteiger charge is -2.15. The Morgan fingerprint density at radius 3 is 2.47 bits per heavy atom. The van der Waals surface area contributed by atoms with Crippen LogP contribution in [0.2, 0.25) is 0 Å². The SMILES string of the molecule is CCS(=O)(=O)CCOc1cc(C)c(-c2cccc(COc3ccc4c(c3)OC[C@H]4CC(=O)OC)c2)c(C)c1. The number of sulfone groups is 1. The summed E-state index contributed by atoms with van der Waals surface area (Å²) in [7, 11) is -1.67. The summed E-state index contributed by atoms with van der Waals surface area (Å²) in [6.07, 6.45) is 0.295. The monoisotopic (exact) mass is 538 g/mol. The number of benzene rings is 3. The number of esters is 1. The lowest BCUT2D eigenvalue weighted by atomic mass is 9.94. The first-order chi connectivity index (χ1) is 18.2. The van der Waals surface area contributed by atoms with E-state index in [2.05, 4.69) is 12.1 Å². The number of fused-ring (bicyclic) bond motifs is 1. The number of aryl methyl sites for hydroxylation is 2. The van der Waals surface area contributed by atoms with Gasteiger partial charge in [0, 0.05) is 23.3 Å². The topological polar surface area (TPSA) is 88.1 Å². The minimum atomic E-state index is -3.06. The smallest absolute Gasteiger partial charge is 0.306 e. The highest BCUT2D eigenvalue weighted by molar-refractivity contribution is 7.91. The van der Waals surface area contributed by atoms with Gasteiger partial charge in [0.05, 0.1) is 25.9 Å². The molecule has 3 aromatic carbocycles. The Morgan fingerprint density at radius 1 is 1.00 bits per heavy atom. The van der Waals surface area contributed by atoms with Crippen LogP contribution < -0.4 is 14.2 Å². The van der Waals surface area contributed by atoms with Gasteiger partial charge in [-0.15, -0.1) is 0 Å². The van der Waals surface area contributed by atoms with Gasteiger partial charge in [-0.2, -0.15) is 0 Å². The highest BCUT2D eigenvalue weighted by atomic mass is 32.2. The Hall–Kier alpha value is -3.52. The van der Waals surface area contributed by atoms with Crippen LogP contribution in [0.3, 0.4) is 0 Å². The summed E-state index contributed by atoms with van der Waals surface area (Å²) in [6, 6.07) is 17.8. The molecule has 38 heavy (non-hydrogen) atoms. The average molecular weight is 539 g/mol. The molecule has 0 amide bonds. The van der Waals surface area contributed by atoms with Gasteiger partial charge in [0.2, 0.25) is 0 Å². The summed E-state index contributed by atoms with van der Waals surface area (Å²) in [4.78, 5) is 11.6. The molecule has 1 aliphatic heterocycles. The second kappa shape index (κ2) is 11.9. The summed E-state index contributed by atoms with van der Waals surface area (Å²) >= 11 is 0. The lowest BCUT2D eigenvalue weighted by Crippen LogP contribution is -2.15. The Balaban J connectivity index is 1.42. The van der Waals surface area contributed by atoms with Gasteiger partial charge >= 0.3 is 5.97 Å². The van der Waals surface area contributed by atoms with Crippen LogP contribution in [-0.4, -0.2) is 46.2 Å². The fraction of sp³-hybridized carbons (Fsp3) is 0.367. The van der Waals surface area contributed by atoms with E-state index in [1.165, 1.54) is 7.11 Å². The van der Waals surface area contributed by atoms with Crippen LogP contribution >= 0.6 is 0 Å². The third-order valence-electron chi connectivity index (χ3n) is 6.74. The van der Waals surface area contributed by atoms with Crippen LogP contribution in [0.1, 0.15) is 41.5 Å². The summed E-state index contributed by atoms with van der Waals surface area (Å²) in [5, 5.41) is 0. The first kappa shape index (κ1) is 27.5. The zero-order valence-electron chi connectivity index (χ0n) is 22.3. The molecule has 0 aliphatic carbocycles. The first-order valence-corrected chi connectivity index (χ1v) is 14.5. The van der Waals surface area contributed by atoms with Gasteiger partial charge in [0.25, 0.3) is 0 Å². The van der Waals surface area contributed by atoms with Crippen molar-refractivity contribution >= 4 is 15.8 Å². The summed E-state index contributed by atoms with van der Waals surface area (Å²) in [5.74, 6) is 1.98. The Kier molecular flexibility index (Phi) is 8.62. The lowest BCUT2D eigenvalue weighted by molar-refractivity contribution is -0.141. The third-order valence-corrected chi connectivity index (χ3v) is 8.40. The Labute approximate surface area is 224 Å². The van der Waals surface area contributed by atoms with Crippen LogP contribution in [0.15, 0.2) is 54.6 Å². The van der Waals surface area contributed by atoms with Gasteiger partial charge in [-0.1, -0.05) is 31.2 Å². The minimum Gasteiger partial charge on any atom is -0.493 e. The second-order valence-electron chi connectivity index (χ2n) is 9.49. The molecule has 0 spiro atoms. The number of methoxy groups -OCH3 is 1. The van der Waals surface area contributed by atoms with Crippen LogP contribution in [0.5, 0.6) is 17.2 Å². The summed E-state index contributed by atoms with van der Waals surface area (Å²) in [6.45, 7) is 6.68. The quantitative estimate of drug-likeness (QED) is 0.302. The van der Waals surface area contributed by atoms with E-state index < -0.39 is 9.84 Å². The van der Waals surface area contributed by atoms with Crippen molar-refractivity contribution in [1.29, 1.82) is 0 Å². The van der Waals surface area contributed by atoms with Crippen LogP contribution in [0.4, 0.5) is 0 Å². The maximum Gasteiger partial charge on any atom is 0.306 e. The zero-order chi connectivity index (χ0) is 27.3. The third kappa shape index (κ3) is 6.67. The van der Waals surface area contributed by atoms with E-state index in [-0.39, 0.29) is 30.0 Å². The molecule has 202 valence electrons. The van der Waals surface area contributed by atoms with E-state index in [9.17, 15) is 13.2 Å². The molecule has 0 N–H and O–H groups in total. The van der Waals surface area contributed by atoms with Gasteiger partial charge in [-0.05, 0) is 65.9 Å². The molecule has 1 heterocycles. The predicted molar refractivity (Wildman–Crippen MR) is 147 cm³/mol. The van der Waals surface area contributed by atoms with E-state index in [0.717, 1.165) is 39.1 Å². The van der Waals surface area contributed by atoms with Crippen molar-refractivity contribution in [3.05, 3.63) is 76.9 Å². The maximum absolute atomic E-state index is 11.7. The average Bonchev–Trinajstić information content (AvgIpc) is 3.29.